The first-order valence-corrected chi connectivity index (χ1v) is 10.0. The molecule has 3 aromatic rings. The number of nitrogens with zero attached hydrogens (tertiary/aromatic N) is 2. The number of hydrogen-bond acceptors (Lipinski definition) is 4. The second-order valence-electron chi connectivity index (χ2n) is 7.29. The van der Waals surface area contributed by atoms with Crippen molar-refractivity contribution in [3.05, 3.63) is 84.7 Å². The molecule has 0 spiro atoms. The Morgan fingerprint density at radius 1 is 0.966 bits per heavy atom. The first-order chi connectivity index (χ1) is 14.3. The van der Waals surface area contributed by atoms with Crippen LogP contribution in [0, 0.1) is 5.92 Å². The number of aromatic nitrogens is 1. The normalized spacial score (nSPS) is 14.4. The smallest absolute Gasteiger partial charge is 0.251 e. The lowest BCUT2D eigenvalue weighted by Crippen LogP contribution is -2.38. The van der Waals surface area contributed by atoms with Crippen molar-refractivity contribution >= 4 is 11.6 Å². The van der Waals surface area contributed by atoms with E-state index >= 15 is 0 Å². The Labute approximate surface area is 171 Å². The van der Waals surface area contributed by atoms with Crippen molar-refractivity contribution in [3.63, 3.8) is 0 Å². The molecule has 1 aromatic heterocycles. The zero-order valence-electron chi connectivity index (χ0n) is 16.3. The molecule has 0 atom stereocenters. The van der Waals surface area contributed by atoms with Gasteiger partial charge in [0.25, 0.3) is 5.91 Å². The SMILES string of the molecule is O=C(NCC1CCN(c2cccnc2)CC1)c1ccc(Oc2ccccc2)cc1. The molecule has 0 saturated carbocycles. The fraction of sp³-hybridized carbons (Fsp3) is 0.250. The Balaban J connectivity index is 1.24. The van der Waals surface area contributed by atoms with Gasteiger partial charge in [0.1, 0.15) is 11.5 Å². The third-order valence-corrected chi connectivity index (χ3v) is 5.27. The van der Waals surface area contributed by atoms with E-state index in [1.54, 1.807) is 18.3 Å². The number of para-hydroxylation sites is 1. The minimum Gasteiger partial charge on any atom is -0.457 e. The number of piperidine rings is 1. The van der Waals surface area contributed by atoms with Crippen LogP contribution in [0.1, 0.15) is 23.2 Å². The van der Waals surface area contributed by atoms with E-state index in [1.807, 2.05) is 54.7 Å². The van der Waals surface area contributed by atoms with Crippen LogP contribution in [0.5, 0.6) is 11.5 Å². The second kappa shape index (κ2) is 9.24. The molecule has 29 heavy (non-hydrogen) atoms. The zero-order chi connectivity index (χ0) is 19.9. The Bertz CT molecular complexity index is 906. The van der Waals surface area contributed by atoms with E-state index in [0.717, 1.165) is 37.4 Å². The topological polar surface area (TPSA) is 54.5 Å². The van der Waals surface area contributed by atoms with Crippen LogP contribution >= 0.6 is 0 Å². The summed E-state index contributed by atoms with van der Waals surface area (Å²) in [4.78, 5) is 19.0. The third-order valence-electron chi connectivity index (χ3n) is 5.27. The Hall–Kier alpha value is -3.34. The van der Waals surface area contributed by atoms with Crippen molar-refractivity contribution in [3.8, 4) is 11.5 Å². The van der Waals surface area contributed by atoms with Crippen LogP contribution in [0.25, 0.3) is 0 Å². The predicted molar refractivity (Wildman–Crippen MR) is 114 cm³/mol. The van der Waals surface area contributed by atoms with Gasteiger partial charge in [0.2, 0.25) is 0 Å². The van der Waals surface area contributed by atoms with Gasteiger partial charge in [0, 0.05) is 31.4 Å². The fourth-order valence-corrected chi connectivity index (χ4v) is 3.57. The summed E-state index contributed by atoms with van der Waals surface area (Å²) < 4.78 is 5.77. The summed E-state index contributed by atoms with van der Waals surface area (Å²) in [5, 5.41) is 3.08. The summed E-state index contributed by atoms with van der Waals surface area (Å²) in [6.45, 7) is 2.71. The van der Waals surface area contributed by atoms with Gasteiger partial charge in [-0.2, -0.15) is 0 Å². The summed E-state index contributed by atoms with van der Waals surface area (Å²) >= 11 is 0. The zero-order valence-corrected chi connectivity index (χ0v) is 16.3. The quantitative estimate of drug-likeness (QED) is 0.676. The number of carbonyl (C=O) groups excluding carboxylic acids is 1. The van der Waals surface area contributed by atoms with Gasteiger partial charge in [-0.25, -0.2) is 0 Å². The summed E-state index contributed by atoms with van der Waals surface area (Å²) in [6, 6.07) is 20.9. The first-order valence-electron chi connectivity index (χ1n) is 10.0. The van der Waals surface area contributed by atoms with Gasteiger partial charge in [-0.15, -0.1) is 0 Å². The number of benzene rings is 2. The minimum absolute atomic E-state index is 0.0362. The third kappa shape index (κ3) is 5.13. The van der Waals surface area contributed by atoms with Crippen molar-refractivity contribution in [1.82, 2.24) is 10.3 Å². The number of rotatable bonds is 6. The molecule has 148 valence electrons. The molecule has 5 heteroatoms. The molecule has 0 aliphatic carbocycles. The van der Waals surface area contributed by atoms with E-state index < -0.39 is 0 Å². The molecule has 2 heterocycles. The molecule has 4 rings (SSSR count). The monoisotopic (exact) mass is 387 g/mol. The fourth-order valence-electron chi connectivity index (χ4n) is 3.57. The molecule has 1 aliphatic heterocycles. The molecule has 0 radical (unpaired) electrons. The number of anilines is 1. The van der Waals surface area contributed by atoms with Crippen LogP contribution in [-0.4, -0.2) is 30.5 Å². The Morgan fingerprint density at radius 3 is 2.38 bits per heavy atom. The Morgan fingerprint density at radius 2 is 1.69 bits per heavy atom. The molecule has 0 bridgehead atoms. The minimum atomic E-state index is -0.0362. The number of carbonyl (C=O) groups is 1. The lowest BCUT2D eigenvalue weighted by Gasteiger charge is -2.33. The lowest BCUT2D eigenvalue weighted by molar-refractivity contribution is 0.0945. The second-order valence-corrected chi connectivity index (χ2v) is 7.29. The van der Waals surface area contributed by atoms with Gasteiger partial charge >= 0.3 is 0 Å². The highest BCUT2D eigenvalue weighted by Gasteiger charge is 2.20. The summed E-state index contributed by atoms with van der Waals surface area (Å²) in [5.41, 5.74) is 1.83. The maximum atomic E-state index is 12.5. The van der Waals surface area contributed by atoms with Crippen molar-refractivity contribution in [1.29, 1.82) is 0 Å². The van der Waals surface area contributed by atoms with Crippen LogP contribution in [0.3, 0.4) is 0 Å². The van der Waals surface area contributed by atoms with Crippen molar-refractivity contribution < 1.29 is 9.53 Å². The van der Waals surface area contributed by atoms with Gasteiger partial charge in [0.15, 0.2) is 0 Å². The molecule has 1 N–H and O–H groups in total. The van der Waals surface area contributed by atoms with Gasteiger partial charge < -0.3 is 15.0 Å². The van der Waals surface area contributed by atoms with Gasteiger partial charge in [-0.05, 0) is 67.3 Å². The molecular formula is C24H25N3O2. The first kappa shape index (κ1) is 19.0. The maximum Gasteiger partial charge on any atom is 0.251 e. The van der Waals surface area contributed by atoms with E-state index in [9.17, 15) is 4.79 Å². The van der Waals surface area contributed by atoms with Crippen molar-refractivity contribution in [2.24, 2.45) is 5.92 Å². The Kier molecular flexibility index (Phi) is 6.05. The molecular weight excluding hydrogens is 362 g/mol. The lowest BCUT2D eigenvalue weighted by atomic mass is 9.96. The van der Waals surface area contributed by atoms with Crippen molar-refractivity contribution in [2.75, 3.05) is 24.5 Å². The molecule has 0 unspecified atom stereocenters. The molecule has 1 amide bonds. The van der Waals surface area contributed by atoms with E-state index in [-0.39, 0.29) is 5.91 Å². The van der Waals surface area contributed by atoms with E-state index in [1.165, 1.54) is 5.69 Å². The van der Waals surface area contributed by atoms with Crippen LogP contribution in [-0.2, 0) is 0 Å². The average molecular weight is 387 g/mol. The largest absolute Gasteiger partial charge is 0.457 e. The summed E-state index contributed by atoms with van der Waals surface area (Å²) in [6.07, 6.45) is 5.84. The molecule has 1 saturated heterocycles. The average Bonchev–Trinajstić information content (AvgIpc) is 2.80. The standard InChI is InChI=1S/C24H25N3O2/c28-24(20-8-10-23(11-9-20)29-22-6-2-1-3-7-22)26-17-19-12-15-27(16-13-19)21-5-4-14-25-18-21/h1-11,14,18-19H,12-13,15-17H2,(H,26,28). The predicted octanol–water partition coefficient (Wildman–Crippen LogP) is 4.52. The highest BCUT2D eigenvalue weighted by atomic mass is 16.5. The maximum absolute atomic E-state index is 12.5. The molecule has 1 fully saturated rings. The van der Waals surface area contributed by atoms with Crippen LogP contribution in [0.15, 0.2) is 79.1 Å². The summed E-state index contributed by atoms with van der Waals surface area (Å²) in [5.74, 6) is 1.97. The number of nitrogens with one attached hydrogen (secondary N) is 1. The highest BCUT2D eigenvalue weighted by molar-refractivity contribution is 5.94. The number of ether oxygens (including phenoxy) is 1. The highest BCUT2D eigenvalue weighted by Crippen LogP contribution is 2.23. The summed E-state index contributed by atoms with van der Waals surface area (Å²) in [7, 11) is 0. The molecule has 5 nitrogen and oxygen atoms in total. The van der Waals surface area contributed by atoms with E-state index in [0.29, 0.717) is 18.0 Å². The van der Waals surface area contributed by atoms with Gasteiger partial charge in [0.05, 0.1) is 11.9 Å². The van der Waals surface area contributed by atoms with Crippen LogP contribution in [0.2, 0.25) is 0 Å². The van der Waals surface area contributed by atoms with Crippen LogP contribution in [0.4, 0.5) is 5.69 Å². The van der Waals surface area contributed by atoms with Crippen molar-refractivity contribution in [2.45, 2.75) is 12.8 Å². The molecule has 1 aliphatic rings. The molecule has 2 aromatic carbocycles. The van der Waals surface area contributed by atoms with Gasteiger partial charge in [-0.1, -0.05) is 18.2 Å². The number of amides is 1. The van der Waals surface area contributed by atoms with Crippen LogP contribution < -0.4 is 15.0 Å². The van der Waals surface area contributed by atoms with E-state index in [2.05, 4.69) is 21.3 Å². The van der Waals surface area contributed by atoms with Gasteiger partial charge in [-0.3, -0.25) is 9.78 Å². The number of hydrogen-bond donors (Lipinski definition) is 1. The van der Waals surface area contributed by atoms with E-state index in [4.69, 9.17) is 4.74 Å². The number of pyridine rings is 1.